The van der Waals surface area contributed by atoms with Gasteiger partial charge in [0, 0.05) is 16.6 Å². The van der Waals surface area contributed by atoms with Crippen LogP contribution >= 0.6 is 0 Å². The number of nitrogens with zero attached hydrogens (tertiary/aromatic N) is 2. The summed E-state index contributed by atoms with van der Waals surface area (Å²) in [7, 11) is 0. The molecule has 0 radical (unpaired) electrons. The Hall–Kier alpha value is -4.06. The normalized spacial score (nSPS) is 10.4. The molecule has 0 saturated heterocycles. The molecule has 28 heavy (non-hydrogen) atoms. The average Bonchev–Trinajstić information content (AvgIpc) is 2.74. The highest BCUT2D eigenvalue weighted by Gasteiger charge is 2.16. The third kappa shape index (κ3) is 3.71. The molecule has 136 valence electrons. The number of para-hydroxylation sites is 2. The van der Waals surface area contributed by atoms with Crippen LogP contribution in [-0.2, 0) is 0 Å². The summed E-state index contributed by atoms with van der Waals surface area (Å²) in [6.07, 6.45) is 0. The molecule has 0 unspecified atom stereocenters. The van der Waals surface area contributed by atoms with Crippen molar-refractivity contribution in [3.05, 3.63) is 96.2 Å². The highest BCUT2D eigenvalue weighted by Crippen LogP contribution is 2.19. The molecule has 2 amide bonds. The number of amides is 2. The van der Waals surface area contributed by atoms with E-state index >= 15 is 0 Å². The molecule has 0 aliphatic carbocycles. The molecule has 6 heteroatoms. The number of fused-ring (bicyclic) bond motifs is 1. The minimum atomic E-state index is -0.375. The lowest BCUT2D eigenvalue weighted by Crippen LogP contribution is -2.18. The fourth-order valence-corrected chi connectivity index (χ4v) is 2.78. The predicted octanol–water partition coefficient (Wildman–Crippen LogP) is 4.13. The van der Waals surface area contributed by atoms with E-state index in [1.54, 1.807) is 48.5 Å². The summed E-state index contributed by atoms with van der Waals surface area (Å²) in [5, 5.41) is 6.09. The van der Waals surface area contributed by atoms with Gasteiger partial charge in [-0.15, -0.1) is 0 Å². The lowest BCUT2D eigenvalue weighted by atomic mass is 10.1. The van der Waals surface area contributed by atoms with Gasteiger partial charge in [-0.3, -0.25) is 14.9 Å². The molecular weight excluding hydrogens is 352 g/mol. The van der Waals surface area contributed by atoms with Gasteiger partial charge in [0.15, 0.2) is 0 Å². The Labute approximate surface area is 161 Å². The van der Waals surface area contributed by atoms with E-state index < -0.39 is 0 Å². The molecule has 2 N–H and O–H groups in total. The maximum atomic E-state index is 12.8. The molecular formula is C22H16N4O2. The maximum Gasteiger partial charge on any atom is 0.275 e. The molecule has 0 fully saturated rings. The number of benzene rings is 3. The van der Waals surface area contributed by atoms with Crippen LogP contribution in [-0.4, -0.2) is 21.8 Å². The van der Waals surface area contributed by atoms with Crippen molar-refractivity contribution >= 4 is 34.4 Å². The zero-order valence-corrected chi connectivity index (χ0v) is 14.8. The molecule has 1 aromatic heterocycles. The van der Waals surface area contributed by atoms with Crippen LogP contribution in [0.4, 0.5) is 11.6 Å². The van der Waals surface area contributed by atoms with Gasteiger partial charge in [0.2, 0.25) is 5.95 Å². The quantitative estimate of drug-likeness (QED) is 0.567. The van der Waals surface area contributed by atoms with Crippen LogP contribution in [0.15, 0.2) is 84.9 Å². The molecule has 0 aliphatic rings. The summed E-state index contributed by atoms with van der Waals surface area (Å²) in [5.74, 6) is -0.643. The third-order valence-corrected chi connectivity index (χ3v) is 4.11. The van der Waals surface area contributed by atoms with E-state index in [9.17, 15) is 9.59 Å². The Morgan fingerprint density at radius 1 is 0.643 bits per heavy atom. The van der Waals surface area contributed by atoms with E-state index in [-0.39, 0.29) is 23.5 Å². The standard InChI is InChI=1S/C22H16N4O2/c27-20(15-9-3-1-4-10-15)26-22-24-18-14-8-7-13-17(18)19(25-22)21(28)23-16-11-5-2-6-12-16/h1-14H,(H,23,28)(H,24,25,26,27). The van der Waals surface area contributed by atoms with Gasteiger partial charge in [0.05, 0.1) is 5.52 Å². The second-order valence-electron chi connectivity index (χ2n) is 6.05. The van der Waals surface area contributed by atoms with Gasteiger partial charge >= 0.3 is 0 Å². The van der Waals surface area contributed by atoms with E-state index in [4.69, 9.17) is 0 Å². The van der Waals surface area contributed by atoms with E-state index in [2.05, 4.69) is 20.6 Å². The van der Waals surface area contributed by atoms with Crippen LogP contribution < -0.4 is 10.6 Å². The lowest BCUT2D eigenvalue weighted by Gasteiger charge is -2.10. The minimum Gasteiger partial charge on any atom is -0.321 e. The van der Waals surface area contributed by atoms with Crippen molar-refractivity contribution in [3.8, 4) is 0 Å². The number of aromatic nitrogens is 2. The van der Waals surface area contributed by atoms with E-state index in [0.29, 0.717) is 22.2 Å². The highest BCUT2D eigenvalue weighted by molar-refractivity contribution is 6.11. The van der Waals surface area contributed by atoms with E-state index in [1.165, 1.54) is 0 Å². The number of carbonyl (C=O) groups excluding carboxylic acids is 2. The zero-order chi connectivity index (χ0) is 19.3. The molecule has 1 heterocycles. The SMILES string of the molecule is O=C(Nc1nc(C(=O)Nc2ccccc2)c2ccccc2n1)c1ccccc1. The fraction of sp³-hybridized carbons (Fsp3) is 0. The van der Waals surface area contributed by atoms with Crippen LogP contribution in [0.3, 0.4) is 0 Å². The second kappa shape index (κ2) is 7.67. The van der Waals surface area contributed by atoms with Gasteiger partial charge in [-0.25, -0.2) is 9.97 Å². The number of hydrogen-bond donors (Lipinski definition) is 2. The summed E-state index contributed by atoms with van der Waals surface area (Å²) < 4.78 is 0. The van der Waals surface area contributed by atoms with Gasteiger partial charge < -0.3 is 5.32 Å². The van der Waals surface area contributed by atoms with Crippen LogP contribution in [0.2, 0.25) is 0 Å². The highest BCUT2D eigenvalue weighted by atomic mass is 16.2. The molecule has 0 saturated carbocycles. The van der Waals surface area contributed by atoms with Crippen LogP contribution in [0.1, 0.15) is 20.8 Å². The molecule has 6 nitrogen and oxygen atoms in total. The molecule has 0 atom stereocenters. The largest absolute Gasteiger partial charge is 0.321 e. The van der Waals surface area contributed by atoms with Crippen LogP contribution in [0.5, 0.6) is 0 Å². The van der Waals surface area contributed by atoms with Crippen LogP contribution in [0, 0.1) is 0 Å². The van der Waals surface area contributed by atoms with Crippen molar-refractivity contribution in [2.75, 3.05) is 10.6 Å². The zero-order valence-electron chi connectivity index (χ0n) is 14.8. The van der Waals surface area contributed by atoms with Gasteiger partial charge in [-0.1, -0.05) is 54.6 Å². The first-order valence-corrected chi connectivity index (χ1v) is 8.70. The molecule has 0 aliphatic heterocycles. The second-order valence-corrected chi connectivity index (χ2v) is 6.05. The summed E-state index contributed by atoms with van der Waals surface area (Å²) in [4.78, 5) is 33.9. The number of hydrogen-bond acceptors (Lipinski definition) is 4. The molecule has 0 spiro atoms. The summed E-state index contributed by atoms with van der Waals surface area (Å²) >= 11 is 0. The summed E-state index contributed by atoms with van der Waals surface area (Å²) in [6.45, 7) is 0. The van der Waals surface area contributed by atoms with E-state index in [1.807, 2.05) is 36.4 Å². The molecule has 0 bridgehead atoms. The van der Waals surface area contributed by atoms with Gasteiger partial charge in [0.25, 0.3) is 11.8 Å². The molecule has 4 rings (SSSR count). The maximum absolute atomic E-state index is 12.8. The fourth-order valence-electron chi connectivity index (χ4n) is 2.78. The number of rotatable bonds is 4. The van der Waals surface area contributed by atoms with Crippen molar-refractivity contribution in [2.24, 2.45) is 0 Å². The summed E-state index contributed by atoms with van der Waals surface area (Å²) in [5.41, 5.74) is 1.90. The van der Waals surface area contributed by atoms with Crippen molar-refractivity contribution in [3.63, 3.8) is 0 Å². The Bertz CT molecular complexity index is 1150. The van der Waals surface area contributed by atoms with E-state index in [0.717, 1.165) is 0 Å². The molecule has 3 aromatic carbocycles. The topological polar surface area (TPSA) is 84.0 Å². The van der Waals surface area contributed by atoms with Gasteiger partial charge in [0.1, 0.15) is 5.69 Å². The lowest BCUT2D eigenvalue weighted by molar-refractivity contribution is 0.101. The Morgan fingerprint density at radius 3 is 2.04 bits per heavy atom. The Morgan fingerprint density at radius 2 is 1.29 bits per heavy atom. The Kier molecular flexibility index (Phi) is 4.76. The van der Waals surface area contributed by atoms with Crippen molar-refractivity contribution in [1.29, 1.82) is 0 Å². The average molecular weight is 368 g/mol. The van der Waals surface area contributed by atoms with Crippen LogP contribution in [0.25, 0.3) is 10.9 Å². The summed E-state index contributed by atoms with van der Waals surface area (Å²) in [6, 6.07) is 25.1. The predicted molar refractivity (Wildman–Crippen MR) is 108 cm³/mol. The first-order valence-electron chi connectivity index (χ1n) is 8.70. The van der Waals surface area contributed by atoms with Gasteiger partial charge in [-0.2, -0.15) is 0 Å². The first kappa shape index (κ1) is 17.4. The number of carbonyl (C=O) groups is 2. The number of nitrogens with one attached hydrogen (secondary N) is 2. The van der Waals surface area contributed by atoms with Crippen molar-refractivity contribution < 1.29 is 9.59 Å². The molecule has 4 aromatic rings. The minimum absolute atomic E-state index is 0.0748. The monoisotopic (exact) mass is 368 g/mol. The van der Waals surface area contributed by atoms with Crippen molar-refractivity contribution in [1.82, 2.24) is 9.97 Å². The first-order chi connectivity index (χ1) is 13.7. The van der Waals surface area contributed by atoms with Gasteiger partial charge in [-0.05, 0) is 30.3 Å². The van der Waals surface area contributed by atoms with Crippen molar-refractivity contribution in [2.45, 2.75) is 0 Å². The smallest absolute Gasteiger partial charge is 0.275 e. The third-order valence-electron chi connectivity index (χ3n) is 4.11. The number of anilines is 2. The Balaban J connectivity index is 1.69.